The molecule has 0 aromatic heterocycles. The molecule has 0 fully saturated rings. The second-order valence-corrected chi connectivity index (χ2v) is 8.95. The second kappa shape index (κ2) is 10.3. The topological polar surface area (TPSA) is 123 Å². The molecule has 9 nitrogen and oxygen atoms in total. The molecule has 0 bridgehead atoms. The summed E-state index contributed by atoms with van der Waals surface area (Å²) in [5.41, 5.74) is 5.05. The number of carbonyl (C=O) groups excluding carboxylic acids is 2. The number of amides is 2. The van der Waals surface area contributed by atoms with E-state index in [9.17, 15) is 18.0 Å². The highest BCUT2D eigenvalue weighted by Gasteiger charge is 2.17. The summed E-state index contributed by atoms with van der Waals surface area (Å²) in [6.45, 7) is 7.17. The number of carbonyl (C=O) groups is 2. The van der Waals surface area contributed by atoms with Gasteiger partial charge in [0.25, 0.3) is 11.8 Å². The van der Waals surface area contributed by atoms with Crippen molar-refractivity contribution in [2.24, 2.45) is 0 Å². The van der Waals surface area contributed by atoms with Gasteiger partial charge in [-0.2, -0.15) is 0 Å². The summed E-state index contributed by atoms with van der Waals surface area (Å²) >= 11 is 0. The van der Waals surface area contributed by atoms with Crippen LogP contribution in [0.4, 0.5) is 0 Å². The SMILES string of the molecule is COc1cc(C(=O)NNC(=O)c2ccc(S(=O)(=O)NC(C)C)cc2)ccc1OC(C)C. The Hall–Kier alpha value is -3.11. The van der Waals surface area contributed by atoms with Crippen LogP contribution in [0.25, 0.3) is 0 Å². The van der Waals surface area contributed by atoms with E-state index in [1.165, 1.54) is 37.4 Å². The van der Waals surface area contributed by atoms with Gasteiger partial charge in [-0.3, -0.25) is 20.4 Å². The average Bonchev–Trinajstić information content (AvgIpc) is 2.70. The van der Waals surface area contributed by atoms with Gasteiger partial charge in [-0.15, -0.1) is 0 Å². The zero-order valence-electron chi connectivity index (χ0n) is 18.1. The Morgan fingerprint density at radius 2 is 1.39 bits per heavy atom. The van der Waals surface area contributed by atoms with Crippen LogP contribution in [0.5, 0.6) is 11.5 Å². The highest BCUT2D eigenvalue weighted by atomic mass is 32.2. The highest BCUT2D eigenvalue weighted by molar-refractivity contribution is 7.89. The largest absolute Gasteiger partial charge is 0.493 e. The lowest BCUT2D eigenvalue weighted by Gasteiger charge is -2.14. The third-order valence-corrected chi connectivity index (χ3v) is 5.57. The van der Waals surface area contributed by atoms with Crippen molar-refractivity contribution in [1.82, 2.24) is 15.6 Å². The molecule has 10 heteroatoms. The Balaban J connectivity index is 2.03. The Labute approximate surface area is 182 Å². The van der Waals surface area contributed by atoms with Gasteiger partial charge in [-0.05, 0) is 70.2 Å². The number of hydrogen-bond acceptors (Lipinski definition) is 6. The van der Waals surface area contributed by atoms with Gasteiger partial charge >= 0.3 is 0 Å². The van der Waals surface area contributed by atoms with Gasteiger partial charge in [-0.1, -0.05) is 0 Å². The van der Waals surface area contributed by atoms with Gasteiger partial charge in [-0.25, -0.2) is 13.1 Å². The molecule has 0 atom stereocenters. The molecule has 168 valence electrons. The average molecular weight is 450 g/mol. The Morgan fingerprint density at radius 3 is 1.90 bits per heavy atom. The molecule has 31 heavy (non-hydrogen) atoms. The van der Waals surface area contributed by atoms with Crippen molar-refractivity contribution in [3.8, 4) is 11.5 Å². The molecule has 2 aromatic rings. The van der Waals surface area contributed by atoms with Crippen molar-refractivity contribution >= 4 is 21.8 Å². The number of ether oxygens (including phenoxy) is 2. The minimum atomic E-state index is -3.66. The third-order valence-electron chi connectivity index (χ3n) is 3.90. The molecule has 0 unspecified atom stereocenters. The molecule has 0 aliphatic carbocycles. The molecule has 0 saturated heterocycles. The lowest BCUT2D eigenvalue weighted by atomic mass is 10.2. The summed E-state index contributed by atoms with van der Waals surface area (Å²) < 4.78 is 37.6. The van der Waals surface area contributed by atoms with Gasteiger partial charge in [0.2, 0.25) is 10.0 Å². The predicted molar refractivity (Wildman–Crippen MR) is 116 cm³/mol. The maximum Gasteiger partial charge on any atom is 0.269 e. The molecule has 3 N–H and O–H groups in total. The van der Waals surface area contributed by atoms with Gasteiger partial charge in [0, 0.05) is 17.2 Å². The minimum Gasteiger partial charge on any atom is -0.493 e. The summed E-state index contributed by atoms with van der Waals surface area (Å²) in [5, 5.41) is 0. The molecule has 0 aliphatic heterocycles. The fourth-order valence-corrected chi connectivity index (χ4v) is 3.83. The van der Waals surface area contributed by atoms with E-state index in [1.54, 1.807) is 26.0 Å². The van der Waals surface area contributed by atoms with Crippen LogP contribution in [0.2, 0.25) is 0 Å². The minimum absolute atomic E-state index is 0.0394. The number of hydrogen-bond donors (Lipinski definition) is 3. The molecule has 2 rings (SSSR count). The van der Waals surface area contributed by atoms with Gasteiger partial charge in [0.1, 0.15) is 0 Å². The molecule has 2 amide bonds. The number of nitrogens with one attached hydrogen (secondary N) is 3. The fraction of sp³-hybridized carbons (Fsp3) is 0.333. The van der Waals surface area contributed by atoms with E-state index < -0.39 is 21.8 Å². The first-order valence-electron chi connectivity index (χ1n) is 9.61. The number of benzene rings is 2. The summed E-state index contributed by atoms with van der Waals surface area (Å²) in [5.74, 6) is -0.261. The molecule has 0 heterocycles. The van der Waals surface area contributed by atoms with Crippen molar-refractivity contribution in [2.45, 2.75) is 44.7 Å². The quantitative estimate of drug-likeness (QED) is 0.531. The predicted octanol–water partition coefficient (Wildman–Crippen LogP) is 2.24. The van der Waals surface area contributed by atoms with Crippen LogP contribution >= 0.6 is 0 Å². The van der Waals surface area contributed by atoms with Gasteiger partial charge in [0.05, 0.1) is 18.1 Å². The Morgan fingerprint density at radius 1 is 0.839 bits per heavy atom. The third kappa shape index (κ3) is 6.69. The van der Waals surface area contributed by atoms with Crippen LogP contribution in [-0.4, -0.2) is 39.5 Å². The van der Waals surface area contributed by atoms with Gasteiger partial charge in [0.15, 0.2) is 11.5 Å². The van der Waals surface area contributed by atoms with Crippen molar-refractivity contribution in [2.75, 3.05) is 7.11 Å². The first-order valence-corrected chi connectivity index (χ1v) is 11.1. The molecule has 2 aromatic carbocycles. The van der Waals surface area contributed by atoms with Crippen molar-refractivity contribution in [3.05, 3.63) is 53.6 Å². The monoisotopic (exact) mass is 449 g/mol. The van der Waals surface area contributed by atoms with E-state index >= 15 is 0 Å². The Kier molecular flexibility index (Phi) is 8.01. The van der Waals surface area contributed by atoms with Crippen LogP contribution in [0.15, 0.2) is 47.4 Å². The summed E-state index contributed by atoms with van der Waals surface area (Å²) in [6, 6.07) is 9.76. The molecule has 0 aliphatic rings. The lowest BCUT2D eigenvalue weighted by Crippen LogP contribution is -2.41. The maximum absolute atomic E-state index is 12.4. The van der Waals surface area contributed by atoms with Crippen LogP contribution < -0.4 is 25.0 Å². The second-order valence-electron chi connectivity index (χ2n) is 7.24. The van der Waals surface area contributed by atoms with E-state index in [0.717, 1.165) is 0 Å². The van der Waals surface area contributed by atoms with E-state index in [-0.39, 0.29) is 28.2 Å². The number of methoxy groups -OCH3 is 1. The van der Waals surface area contributed by atoms with Gasteiger partial charge < -0.3 is 9.47 Å². The summed E-state index contributed by atoms with van der Waals surface area (Å²) in [4.78, 5) is 24.7. The standard InChI is InChI=1S/C21H27N3O6S/c1-13(2)24-31(27,28)17-9-6-15(7-10-17)20(25)22-23-21(26)16-8-11-18(30-14(3)4)19(12-16)29-5/h6-14,24H,1-5H3,(H,22,25)(H,23,26). The molecular weight excluding hydrogens is 422 g/mol. The molecular formula is C21H27N3O6S. The first kappa shape index (κ1) is 24.2. The summed E-state index contributed by atoms with van der Waals surface area (Å²) in [6.07, 6.45) is -0.0598. The normalized spacial score (nSPS) is 11.3. The van der Waals surface area contributed by atoms with Crippen molar-refractivity contribution in [1.29, 1.82) is 0 Å². The number of hydrazine groups is 1. The van der Waals surface area contributed by atoms with Crippen LogP contribution in [0.3, 0.4) is 0 Å². The van der Waals surface area contributed by atoms with E-state index in [2.05, 4.69) is 15.6 Å². The van der Waals surface area contributed by atoms with Crippen molar-refractivity contribution < 1.29 is 27.5 Å². The Bertz CT molecular complexity index is 1030. The van der Waals surface area contributed by atoms with E-state index in [1.807, 2.05) is 13.8 Å². The number of rotatable bonds is 8. The van der Waals surface area contributed by atoms with Crippen LogP contribution in [0, 0.1) is 0 Å². The fourth-order valence-electron chi connectivity index (χ4n) is 2.58. The lowest BCUT2D eigenvalue weighted by molar-refractivity contribution is 0.0846. The number of sulfonamides is 1. The smallest absolute Gasteiger partial charge is 0.269 e. The molecule has 0 saturated carbocycles. The first-order chi connectivity index (χ1) is 14.5. The maximum atomic E-state index is 12.4. The zero-order chi connectivity index (χ0) is 23.2. The summed E-state index contributed by atoms with van der Waals surface area (Å²) in [7, 11) is -2.19. The highest BCUT2D eigenvalue weighted by Crippen LogP contribution is 2.28. The van der Waals surface area contributed by atoms with Crippen LogP contribution in [0.1, 0.15) is 48.4 Å². The van der Waals surface area contributed by atoms with Crippen molar-refractivity contribution in [3.63, 3.8) is 0 Å². The van der Waals surface area contributed by atoms with E-state index in [0.29, 0.717) is 11.5 Å². The molecule has 0 spiro atoms. The van der Waals surface area contributed by atoms with E-state index in [4.69, 9.17) is 9.47 Å². The molecule has 0 radical (unpaired) electrons. The van der Waals surface area contributed by atoms with Crippen LogP contribution in [-0.2, 0) is 10.0 Å². The zero-order valence-corrected chi connectivity index (χ0v) is 18.9.